The molecule has 0 radical (unpaired) electrons. The van der Waals surface area contributed by atoms with E-state index in [4.69, 9.17) is 4.74 Å². The lowest BCUT2D eigenvalue weighted by atomic mass is 10.1. The average Bonchev–Trinajstić information content (AvgIpc) is 3.01. The Balaban J connectivity index is 1.65. The van der Waals surface area contributed by atoms with Gasteiger partial charge in [0.2, 0.25) is 15.9 Å². The number of ether oxygens (including phenoxy) is 1. The van der Waals surface area contributed by atoms with Crippen LogP contribution in [0.3, 0.4) is 0 Å². The number of hydrogen-bond donors (Lipinski definition) is 1. The van der Waals surface area contributed by atoms with Gasteiger partial charge in [-0.1, -0.05) is 17.7 Å². The van der Waals surface area contributed by atoms with Crippen molar-refractivity contribution in [2.75, 3.05) is 25.1 Å². The van der Waals surface area contributed by atoms with Gasteiger partial charge in [-0.05, 0) is 55.7 Å². The number of sulfonamides is 1. The van der Waals surface area contributed by atoms with Gasteiger partial charge in [0.15, 0.2) is 0 Å². The van der Waals surface area contributed by atoms with Crippen molar-refractivity contribution in [3.63, 3.8) is 0 Å². The Bertz CT molecular complexity index is 939. The van der Waals surface area contributed by atoms with E-state index in [1.807, 2.05) is 25.1 Å². The van der Waals surface area contributed by atoms with Gasteiger partial charge >= 0.3 is 0 Å². The number of nitrogens with one attached hydrogen (secondary N) is 1. The number of benzene rings is 2. The molecule has 1 aliphatic rings. The van der Waals surface area contributed by atoms with Crippen LogP contribution in [0.25, 0.3) is 0 Å². The first kappa shape index (κ1) is 19.4. The second kappa shape index (κ2) is 7.70. The lowest BCUT2D eigenvalue weighted by Crippen LogP contribution is -2.31. The molecular formula is C20H24N2O4S. The summed E-state index contributed by atoms with van der Waals surface area (Å²) in [5, 5.41) is 0. The van der Waals surface area contributed by atoms with Crippen LogP contribution in [0.4, 0.5) is 5.69 Å². The maximum atomic E-state index is 12.6. The maximum absolute atomic E-state index is 12.6. The molecule has 1 fully saturated rings. The van der Waals surface area contributed by atoms with Crippen LogP contribution in [0.15, 0.2) is 47.4 Å². The number of nitrogens with zero attached hydrogens (tertiary/aromatic N) is 1. The first-order valence-corrected chi connectivity index (χ1v) is 10.3. The van der Waals surface area contributed by atoms with Gasteiger partial charge in [-0.2, -0.15) is 0 Å². The molecule has 1 aliphatic heterocycles. The van der Waals surface area contributed by atoms with E-state index in [-0.39, 0.29) is 23.3 Å². The van der Waals surface area contributed by atoms with E-state index in [1.54, 1.807) is 43.2 Å². The molecule has 27 heavy (non-hydrogen) atoms. The van der Waals surface area contributed by atoms with Gasteiger partial charge in [0.05, 0.1) is 12.0 Å². The third-order valence-electron chi connectivity index (χ3n) is 4.77. The molecule has 2 aromatic rings. The van der Waals surface area contributed by atoms with Crippen molar-refractivity contribution in [2.45, 2.75) is 25.2 Å². The van der Waals surface area contributed by atoms with Gasteiger partial charge in [-0.25, -0.2) is 13.1 Å². The normalized spacial score (nSPS) is 17.4. The Hall–Kier alpha value is -2.38. The molecule has 0 aromatic heterocycles. The smallest absolute Gasteiger partial charge is 0.240 e. The number of hydrogen-bond acceptors (Lipinski definition) is 4. The number of anilines is 1. The Labute approximate surface area is 160 Å². The van der Waals surface area contributed by atoms with Crippen LogP contribution >= 0.6 is 0 Å². The second-order valence-corrected chi connectivity index (χ2v) is 8.63. The molecule has 0 unspecified atom stereocenters. The van der Waals surface area contributed by atoms with Crippen LogP contribution in [0.1, 0.15) is 17.5 Å². The molecule has 3 rings (SSSR count). The number of methoxy groups -OCH3 is 1. The van der Waals surface area contributed by atoms with Crippen LogP contribution in [-0.2, 0) is 14.8 Å². The van der Waals surface area contributed by atoms with Crippen molar-refractivity contribution in [1.82, 2.24) is 4.72 Å². The summed E-state index contributed by atoms with van der Waals surface area (Å²) in [6.45, 7) is 4.43. The number of carbonyl (C=O) groups is 1. The van der Waals surface area contributed by atoms with Crippen LogP contribution in [0.5, 0.6) is 5.75 Å². The van der Waals surface area contributed by atoms with Crippen LogP contribution in [-0.4, -0.2) is 34.5 Å². The van der Waals surface area contributed by atoms with Crippen LogP contribution in [0, 0.1) is 19.8 Å². The van der Waals surface area contributed by atoms with Gasteiger partial charge in [-0.3, -0.25) is 4.79 Å². The van der Waals surface area contributed by atoms with Gasteiger partial charge in [-0.15, -0.1) is 0 Å². The molecule has 0 bridgehead atoms. The van der Waals surface area contributed by atoms with E-state index < -0.39 is 10.0 Å². The van der Waals surface area contributed by atoms with Gasteiger partial charge in [0.1, 0.15) is 5.75 Å². The maximum Gasteiger partial charge on any atom is 0.240 e. The van der Waals surface area contributed by atoms with Crippen LogP contribution < -0.4 is 14.4 Å². The minimum Gasteiger partial charge on any atom is -0.497 e. The number of carbonyl (C=O) groups excluding carboxylic acids is 1. The molecule has 1 heterocycles. The molecule has 144 valence electrons. The fraction of sp³-hybridized carbons (Fsp3) is 0.350. The quantitative estimate of drug-likeness (QED) is 0.825. The third kappa shape index (κ3) is 4.31. The molecule has 2 aromatic carbocycles. The highest BCUT2D eigenvalue weighted by molar-refractivity contribution is 7.89. The minimum atomic E-state index is -3.60. The molecule has 1 atom stereocenters. The monoisotopic (exact) mass is 388 g/mol. The third-order valence-corrected chi connectivity index (χ3v) is 6.35. The van der Waals surface area contributed by atoms with E-state index in [1.165, 1.54) is 0 Å². The van der Waals surface area contributed by atoms with E-state index >= 15 is 0 Å². The standard InChI is InChI=1S/C20H24N2O4S/c1-14-4-9-19(15(2)10-14)27(24,25)21-12-16-11-20(23)22(13-16)17-5-7-18(26-3)8-6-17/h4-10,16,21H,11-13H2,1-3H3/t16-/m0/s1. The fourth-order valence-corrected chi connectivity index (χ4v) is 4.68. The first-order valence-electron chi connectivity index (χ1n) is 8.81. The summed E-state index contributed by atoms with van der Waals surface area (Å²) >= 11 is 0. The number of rotatable bonds is 6. The minimum absolute atomic E-state index is 0.00381. The van der Waals surface area contributed by atoms with Crippen molar-refractivity contribution in [1.29, 1.82) is 0 Å². The molecule has 1 amide bonds. The number of amides is 1. The highest BCUT2D eigenvalue weighted by Gasteiger charge is 2.31. The highest BCUT2D eigenvalue weighted by atomic mass is 32.2. The Morgan fingerprint density at radius 3 is 2.48 bits per heavy atom. The predicted molar refractivity (Wildman–Crippen MR) is 105 cm³/mol. The molecule has 0 saturated carbocycles. The summed E-state index contributed by atoms with van der Waals surface area (Å²) in [6.07, 6.45) is 0.321. The molecule has 0 aliphatic carbocycles. The number of aryl methyl sites for hydroxylation is 2. The SMILES string of the molecule is COc1ccc(N2C[C@H](CNS(=O)(=O)c3ccc(C)cc3C)CC2=O)cc1. The molecule has 1 N–H and O–H groups in total. The summed E-state index contributed by atoms with van der Waals surface area (Å²) in [5.41, 5.74) is 2.52. The van der Waals surface area contributed by atoms with Gasteiger partial charge in [0, 0.05) is 25.2 Å². The van der Waals surface area contributed by atoms with Gasteiger partial charge < -0.3 is 9.64 Å². The topological polar surface area (TPSA) is 75.7 Å². The van der Waals surface area contributed by atoms with Crippen LogP contribution in [0.2, 0.25) is 0 Å². The molecule has 0 spiro atoms. The van der Waals surface area contributed by atoms with Crippen molar-refractivity contribution in [3.8, 4) is 5.75 Å². The largest absolute Gasteiger partial charge is 0.497 e. The summed E-state index contributed by atoms with van der Waals surface area (Å²) in [5.74, 6) is 0.652. The predicted octanol–water partition coefficient (Wildman–Crippen LogP) is 2.64. The first-order chi connectivity index (χ1) is 12.8. The lowest BCUT2D eigenvalue weighted by molar-refractivity contribution is -0.117. The Morgan fingerprint density at radius 2 is 1.85 bits per heavy atom. The summed E-state index contributed by atoms with van der Waals surface area (Å²) in [6, 6.07) is 12.5. The van der Waals surface area contributed by atoms with Crippen molar-refractivity contribution in [3.05, 3.63) is 53.6 Å². The van der Waals surface area contributed by atoms with Crippen molar-refractivity contribution in [2.24, 2.45) is 5.92 Å². The lowest BCUT2D eigenvalue weighted by Gasteiger charge is -2.17. The molecule has 7 heteroatoms. The Morgan fingerprint density at radius 1 is 1.15 bits per heavy atom. The average molecular weight is 388 g/mol. The zero-order valence-corrected chi connectivity index (χ0v) is 16.5. The zero-order valence-electron chi connectivity index (χ0n) is 15.7. The van der Waals surface area contributed by atoms with E-state index in [0.29, 0.717) is 18.5 Å². The molecule has 6 nitrogen and oxygen atoms in total. The summed E-state index contributed by atoms with van der Waals surface area (Å²) in [4.78, 5) is 14.3. The molecule has 1 saturated heterocycles. The Kier molecular flexibility index (Phi) is 5.53. The van der Waals surface area contributed by atoms with Gasteiger partial charge in [0.25, 0.3) is 0 Å². The van der Waals surface area contributed by atoms with E-state index in [9.17, 15) is 13.2 Å². The van der Waals surface area contributed by atoms with E-state index in [2.05, 4.69) is 4.72 Å². The fourth-order valence-electron chi connectivity index (χ4n) is 3.34. The highest BCUT2D eigenvalue weighted by Crippen LogP contribution is 2.27. The molecular weight excluding hydrogens is 364 g/mol. The summed E-state index contributed by atoms with van der Waals surface area (Å²) in [7, 11) is -2.01. The zero-order chi connectivity index (χ0) is 19.6. The summed E-state index contributed by atoms with van der Waals surface area (Å²) < 4.78 is 33.0. The van der Waals surface area contributed by atoms with E-state index in [0.717, 1.165) is 17.0 Å². The second-order valence-electron chi connectivity index (χ2n) is 6.89. The van der Waals surface area contributed by atoms with Crippen molar-refractivity contribution < 1.29 is 17.9 Å². The van der Waals surface area contributed by atoms with Crippen molar-refractivity contribution >= 4 is 21.6 Å².